The molecule has 0 aliphatic carbocycles. The normalized spacial score (nSPS) is 45.9. The Morgan fingerprint density at radius 1 is 0.214 bits per heavy atom. The molecule has 18 N–H and O–H groups in total. The second-order valence-corrected chi connectivity index (χ2v) is 25.0. The molecule has 0 radical (unpaired) electrons. The SMILES string of the molecule is OC[C@H]1O[C@@H]2O[C@H]3[C@H](O)[C@@H](O)[C@@H](O[C@H]4[C@H](O)[C@@H](OCc5ccccc5)[C@@H](O[C@H]5[C@H](O)[C@@H](OCc6ccccc6)[C@@H](O[C@H]6[C@H](O)[C@@H](OCc7ccccc7)[C@@H](O[C@H]7[C@H](O)[C@@H](O)[C@@H](O[C@H]8[C@H](O)[C@@H](O)[C@@H](O[C@H]1[C@H](O)[C@H]2O)O[C@@H]8CO)O[C@@H]7CO)O[C@@H]6CO)O[C@@H]5CO)O[C@@H]4CO)O[C@@H]3CO. The van der Waals surface area contributed by atoms with Crippen molar-refractivity contribution in [3.05, 3.63) is 108 Å². The number of aliphatic hydroxyl groups is 18. The fraction of sp³-hybridized carbons (Fsp3) is 0.714. The van der Waals surface area contributed by atoms with Crippen LogP contribution in [0, 0.1) is 0 Å². The number of benzene rings is 3. The Bertz CT molecular complexity index is 2800. The summed E-state index contributed by atoms with van der Waals surface area (Å²) in [5.41, 5.74) is 1.67. The van der Waals surface area contributed by atoms with Crippen molar-refractivity contribution in [2.75, 3.05) is 46.2 Å². The number of hydrogen-bond acceptors (Lipinski definition) is 35. The second-order valence-electron chi connectivity index (χ2n) is 25.0. The van der Waals surface area contributed by atoms with Crippen molar-refractivity contribution >= 4 is 0 Å². The smallest absolute Gasteiger partial charge is 0.187 e. The largest absolute Gasteiger partial charge is 0.394 e. The maximum absolute atomic E-state index is 12.7. The summed E-state index contributed by atoms with van der Waals surface area (Å²) in [5, 5.41) is 207. The average molecular weight is 1410 g/mol. The van der Waals surface area contributed by atoms with Crippen LogP contribution in [-0.4, -0.2) is 353 Å². The molecule has 0 aromatic heterocycles. The Balaban J connectivity index is 0.947. The van der Waals surface area contributed by atoms with Crippen molar-refractivity contribution < 1.29 is 172 Å². The van der Waals surface area contributed by atoms with Gasteiger partial charge in [-0.25, -0.2) is 0 Å². The standard InChI is InChI=1S/C63H88O35/c64-16-29-47-36(71)40(75)58(85-29)93-49-31(18-66)87-60(42(77)38(49)73)95-51-33(20-68)89-62(54(44(51)79)82-23-26-10-4-1-5-11-26)97-53-35(22-70)91-63(56(46(53)81)84-25-28-14-8-3-9-15-28)98-52-34(21-69)90-61(55(45(52)80)83-24-27-12-6-2-7-13-27)96-50-32(19-67)88-59(43(78)39(50)74)94-48-30(17-65)86-57(92-47)41(76)37(48)72/h1-15,29-81H,16-25H2/t29-,30-,31-,32-,33-,34-,35-,36-,37-,38-,39-,40-,41-,42-,43-,44+,45+,46+,47-,48-,49-,50-,51-,52-,53-,54-,55-,56-,57-,58-,59-,60-,61-,62-,63-/m1/s1. The van der Waals surface area contributed by atoms with Crippen LogP contribution >= 0.6 is 0 Å². The molecule has 21 heterocycles. The Morgan fingerprint density at radius 2 is 0.388 bits per heavy atom. The van der Waals surface area contributed by atoms with Crippen LogP contribution in [0.4, 0.5) is 0 Å². The minimum Gasteiger partial charge on any atom is -0.394 e. The molecule has 35 atom stereocenters. The van der Waals surface area contributed by atoms with E-state index >= 15 is 0 Å². The van der Waals surface area contributed by atoms with Gasteiger partial charge in [0, 0.05) is 0 Å². The lowest BCUT2D eigenvalue weighted by Crippen LogP contribution is -2.68. The van der Waals surface area contributed by atoms with E-state index in [2.05, 4.69) is 0 Å². The highest BCUT2D eigenvalue weighted by Gasteiger charge is 2.60. The van der Waals surface area contributed by atoms with Crippen molar-refractivity contribution in [1.82, 2.24) is 0 Å². The third-order valence-electron chi connectivity index (χ3n) is 18.6. The third-order valence-corrected chi connectivity index (χ3v) is 18.6. The van der Waals surface area contributed by atoms with Gasteiger partial charge in [0.2, 0.25) is 0 Å². The topological polar surface area (TPSA) is 521 Å². The van der Waals surface area contributed by atoms with Gasteiger partial charge in [0.05, 0.1) is 66.1 Å². The summed E-state index contributed by atoms with van der Waals surface area (Å²) in [6.45, 7) is -7.84. The first-order valence-electron chi connectivity index (χ1n) is 32.2. The summed E-state index contributed by atoms with van der Waals surface area (Å²) >= 11 is 0. The molecule has 21 aliphatic heterocycles. The quantitative estimate of drug-likeness (QED) is 0.0633. The molecule has 0 amide bonds. The van der Waals surface area contributed by atoms with Crippen LogP contribution in [0.25, 0.3) is 0 Å². The molecule has 21 aliphatic rings. The third kappa shape index (κ3) is 16.3. The Hall–Kier alpha value is -3.74. The molecule has 0 unspecified atom stereocenters. The van der Waals surface area contributed by atoms with E-state index in [9.17, 15) is 91.9 Å². The molecule has 14 bridgehead atoms. The van der Waals surface area contributed by atoms with E-state index in [1.807, 2.05) is 0 Å². The number of rotatable bonds is 16. The molecule has 35 nitrogen and oxygen atoms in total. The Kier molecular flexibility index (Phi) is 26.4. The molecule has 0 saturated carbocycles. The molecule has 550 valence electrons. The van der Waals surface area contributed by atoms with E-state index < -0.39 is 261 Å². The minimum atomic E-state index is -2.21. The van der Waals surface area contributed by atoms with Gasteiger partial charge in [0.1, 0.15) is 171 Å². The number of aliphatic hydroxyl groups excluding tert-OH is 18. The van der Waals surface area contributed by atoms with Crippen LogP contribution < -0.4 is 0 Å². The predicted molar refractivity (Wildman–Crippen MR) is 315 cm³/mol. The zero-order chi connectivity index (χ0) is 69.6. The first-order chi connectivity index (χ1) is 47.3. The molecule has 3 aromatic carbocycles. The number of ether oxygens (including phenoxy) is 17. The van der Waals surface area contributed by atoms with Crippen molar-refractivity contribution in [3.8, 4) is 0 Å². The van der Waals surface area contributed by atoms with Gasteiger partial charge in [0.25, 0.3) is 0 Å². The summed E-state index contributed by atoms with van der Waals surface area (Å²) < 4.78 is 104. The highest BCUT2D eigenvalue weighted by Crippen LogP contribution is 2.41. The van der Waals surface area contributed by atoms with Gasteiger partial charge in [-0.15, -0.1) is 0 Å². The zero-order valence-corrected chi connectivity index (χ0v) is 52.4. The maximum Gasteiger partial charge on any atom is 0.187 e. The van der Waals surface area contributed by atoms with Gasteiger partial charge in [0.15, 0.2) is 44.0 Å². The average Bonchev–Trinajstić information content (AvgIpc) is 0.776. The molecular formula is C63H88O35. The van der Waals surface area contributed by atoms with Gasteiger partial charge in [-0.1, -0.05) is 91.0 Å². The summed E-state index contributed by atoms with van der Waals surface area (Å²) in [6.07, 6.45) is -66.7. The highest BCUT2D eigenvalue weighted by atomic mass is 16.8. The lowest BCUT2D eigenvalue weighted by Gasteiger charge is -2.51. The summed E-state index contributed by atoms with van der Waals surface area (Å²) in [7, 11) is 0. The number of hydrogen-bond donors (Lipinski definition) is 18. The van der Waals surface area contributed by atoms with Crippen LogP contribution in [0.5, 0.6) is 0 Å². The van der Waals surface area contributed by atoms with Gasteiger partial charge < -0.3 is 172 Å². The molecule has 98 heavy (non-hydrogen) atoms. The van der Waals surface area contributed by atoms with E-state index in [-0.39, 0.29) is 19.8 Å². The van der Waals surface area contributed by atoms with Crippen LogP contribution in [0.1, 0.15) is 16.7 Å². The summed E-state index contributed by atoms with van der Waals surface area (Å²) in [4.78, 5) is 0. The first-order valence-corrected chi connectivity index (χ1v) is 32.2. The lowest BCUT2D eigenvalue weighted by atomic mass is 9.95. The van der Waals surface area contributed by atoms with Gasteiger partial charge in [-0.2, -0.15) is 0 Å². The molecule has 24 rings (SSSR count). The van der Waals surface area contributed by atoms with E-state index in [1.165, 1.54) is 0 Å². The van der Waals surface area contributed by atoms with Crippen molar-refractivity contribution in [3.63, 3.8) is 0 Å². The first kappa shape index (κ1) is 75.4. The molecule has 21 saturated heterocycles. The monoisotopic (exact) mass is 1400 g/mol. The highest BCUT2D eigenvalue weighted by molar-refractivity contribution is 5.16. The molecular weight excluding hydrogens is 1320 g/mol. The van der Waals surface area contributed by atoms with E-state index in [0.29, 0.717) is 16.7 Å². The van der Waals surface area contributed by atoms with Crippen molar-refractivity contribution in [2.24, 2.45) is 0 Å². The summed E-state index contributed by atoms with van der Waals surface area (Å²) in [5.74, 6) is 0. The fourth-order valence-electron chi connectivity index (χ4n) is 13.2. The lowest BCUT2D eigenvalue weighted by molar-refractivity contribution is -0.402. The van der Waals surface area contributed by atoms with Crippen LogP contribution in [0.3, 0.4) is 0 Å². The molecule has 35 heteroatoms. The predicted octanol–water partition coefficient (Wildman–Crippen LogP) is -8.56. The van der Waals surface area contributed by atoms with Crippen LogP contribution in [0.15, 0.2) is 91.0 Å². The Morgan fingerprint density at radius 3 is 0.582 bits per heavy atom. The summed E-state index contributed by atoms with van der Waals surface area (Å²) in [6, 6.07) is 25.6. The molecule has 0 spiro atoms. The zero-order valence-electron chi connectivity index (χ0n) is 52.4. The van der Waals surface area contributed by atoms with E-state index in [0.717, 1.165) is 0 Å². The van der Waals surface area contributed by atoms with E-state index in [1.54, 1.807) is 91.0 Å². The van der Waals surface area contributed by atoms with Crippen LogP contribution in [-0.2, 0) is 100 Å². The minimum absolute atomic E-state index is 0.261. The van der Waals surface area contributed by atoms with Gasteiger partial charge >= 0.3 is 0 Å². The fourth-order valence-corrected chi connectivity index (χ4v) is 13.2. The maximum atomic E-state index is 12.7. The molecule has 21 fully saturated rings. The van der Waals surface area contributed by atoms with Gasteiger partial charge in [-0.3, -0.25) is 0 Å². The van der Waals surface area contributed by atoms with Crippen LogP contribution in [0.2, 0.25) is 0 Å². The van der Waals surface area contributed by atoms with Crippen molar-refractivity contribution in [2.45, 2.75) is 235 Å². The second kappa shape index (κ2) is 34.2. The van der Waals surface area contributed by atoms with Gasteiger partial charge in [-0.05, 0) is 16.7 Å². The van der Waals surface area contributed by atoms with Crippen molar-refractivity contribution in [1.29, 1.82) is 0 Å². The Labute approximate surface area is 559 Å². The molecule has 3 aromatic rings. The van der Waals surface area contributed by atoms with E-state index in [4.69, 9.17) is 80.5 Å².